The Balaban J connectivity index is 0.00000108. The maximum atomic E-state index is 3.20. The summed E-state index contributed by atoms with van der Waals surface area (Å²) in [6.07, 6.45) is 0. The van der Waals surface area contributed by atoms with E-state index >= 15 is 0 Å². The topological polar surface area (TPSA) is 0 Å². The van der Waals surface area contributed by atoms with Gasteiger partial charge in [0.1, 0.15) is 0 Å². The first-order chi connectivity index (χ1) is 7.60. The van der Waals surface area contributed by atoms with Gasteiger partial charge in [-0.3, -0.25) is 0 Å². The molecule has 0 aromatic heterocycles. The van der Waals surface area contributed by atoms with Gasteiger partial charge in [0.15, 0.2) is 0 Å². The number of hydrogen-bond acceptors (Lipinski definition) is 0. The largest absolute Gasteiger partial charge is 0.183 e. The van der Waals surface area contributed by atoms with Crippen molar-refractivity contribution in [3.8, 4) is 11.1 Å². The van der Waals surface area contributed by atoms with Gasteiger partial charge >= 0.3 is 0 Å². The molecule has 17 heavy (non-hydrogen) atoms. The van der Waals surface area contributed by atoms with E-state index in [1.165, 1.54) is 27.8 Å². The predicted molar refractivity (Wildman–Crippen MR) is 67.6 cm³/mol. The van der Waals surface area contributed by atoms with E-state index in [0.717, 1.165) is 0 Å². The molecule has 0 saturated heterocycles. The molecule has 0 nitrogen and oxygen atoms in total. The Hall–Kier alpha value is -0.456. The molecular formula is C16H15Y-. The van der Waals surface area contributed by atoms with Crippen LogP contribution in [0.5, 0.6) is 0 Å². The normalized spacial score (nSPS) is 14.8. The zero-order chi connectivity index (χ0) is 11.3. The summed E-state index contributed by atoms with van der Waals surface area (Å²) in [5, 5.41) is 0. The molecule has 1 aliphatic carbocycles. The van der Waals surface area contributed by atoms with Gasteiger partial charge in [-0.2, -0.15) is 24.3 Å². The van der Waals surface area contributed by atoms with Gasteiger partial charge in [-0.25, -0.2) is 0 Å². The smallest absolute Gasteiger partial charge is 0 e. The molecule has 3 rings (SSSR count). The van der Waals surface area contributed by atoms with Crippen LogP contribution in [-0.2, 0) is 38.1 Å². The predicted octanol–water partition coefficient (Wildman–Crippen LogP) is 4.10. The average Bonchev–Trinajstić information content (AvgIpc) is 2.49. The van der Waals surface area contributed by atoms with Crippen LogP contribution in [0.25, 0.3) is 11.1 Å². The fraction of sp³-hybridized carbons (Fsp3) is 0.250. The summed E-state index contributed by atoms with van der Waals surface area (Å²) in [5.74, 6) is 0. The van der Waals surface area contributed by atoms with Crippen molar-refractivity contribution in [1.82, 2.24) is 0 Å². The molecule has 0 aliphatic heterocycles. The van der Waals surface area contributed by atoms with E-state index in [4.69, 9.17) is 0 Å². The second-order valence-electron chi connectivity index (χ2n) is 5.15. The van der Waals surface area contributed by atoms with Crippen molar-refractivity contribution in [3.63, 3.8) is 0 Å². The van der Waals surface area contributed by atoms with Crippen LogP contribution in [0.1, 0.15) is 30.5 Å². The van der Waals surface area contributed by atoms with Crippen molar-refractivity contribution in [2.75, 3.05) is 0 Å². The Morgan fingerprint density at radius 1 is 1.00 bits per heavy atom. The molecule has 0 spiro atoms. The molecule has 0 unspecified atom stereocenters. The van der Waals surface area contributed by atoms with Gasteiger partial charge in [-0.1, -0.05) is 37.6 Å². The van der Waals surface area contributed by atoms with Gasteiger partial charge in [0.2, 0.25) is 0 Å². The van der Waals surface area contributed by atoms with Gasteiger partial charge in [0.05, 0.1) is 0 Å². The van der Waals surface area contributed by atoms with E-state index in [9.17, 15) is 0 Å². The average molecular weight is 296 g/mol. The molecule has 1 aliphatic rings. The third-order valence-electron chi connectivity index (χ3n) is 3.68. The van der Waals surface area contributed by atoms with E-state index < -0.39 is 0 Å². The molecule has 2 aromatic rings. The second-order valence-corrected chi connectivity index (χ2v) is 5.15. The first-order valence-electron chi connectivity index (χ1n) is 5.73. The zero-order valence-electron chi connectivity index (χ0n) is 10.5. The van der Waals surface area contributed by atoms with Gasteiger partial charge in [-0.15, -0.1) is 11.1 Å². The summed E-state index contributed by atoms with van der Waals surface area (Å²) < 4.78 is 0. The van der Waals surface area contributed by atoms with Gasteiger partial charge in [0, 0.05) is 32.7 Å². The summed E-state index contributed by atoms with van der Waals surface area (Å²) in [6.45, 7) is 6.75. The third-order valence-corrected chi connectivity index (χ3v) is 3.68. The van der Waals surface area contributed by atoms with E-state index in [2.05, 4.69) is 57.2 Å². The molecule has 83 valence electrons. The summed E-state index contributed by atoms with van der Waals surface area (Å²) in [7, 11) is 0. The fourth-order valence-electron chi connectivity index (χ4n) is 2.74. The molecule has 2 aromatic carbocycles. The summed E-state index contributed by atoms with van der Waals surface area (Å²) in [4.78, 5) is 0. The molecule has 0 atom stereocenters. The van der Waals surface area contributed by atoms with E-state index in [0.29, 0.717) is 0 Å². The minimum atomic E-state index is 0. The van der Waals surface area contributed by atoms with E-state index in [-0.39, 0.29) is 38.1 Å². The quantitative estimate of drug-likeness (QED) is 0.642. The summed E-state index contributed by atoms with van der Waals surface area (Å²) >= 11 is 0. The molecule has 0 fully saturated rings. The third kappa shape index (κ3) is 1.82. The SMILES string of the molecule is Cc1ccc2c(c1)C(C)(C)c1c[c-]ccc1-2.[Y]. The minimum Gasteiger partial charge on any atom is -0.183 e. The van der Waals surface area contributed by atoms with Crippen LogP contribution in [0.15, 0.2) is 36.4 Å². The first kappa shape index (κ1) is 13.0. The van der Waals surface area contributed by atoms with Crippen LogP contribution in [0.3, 0.4) is 0 Å². The zero-order valence-corrected chi connectivity index (χ0v) is 13.4. The van der Waals surface area contributed by atoms with Crippen molar-refractivity contribution in [2.24, 2.45) is 0 Å². The maximum Gasteiger partial charge on any atom is 0 e. The first-order valence-corrected chi connectivity index (χ1v) is 5.73. The van der Waals surface area contributed by atoms with Gasteiger partial charge in [-0.05, 0) is 23.5 Å². The summed E-state index contributed by atoms with van der Waals surface area (Å²) in [5.41, 5.74) is 7.06. The van der Waals surface area contributed by atoms with Crippen LogP contribution in [0, 0.1) is 13.0 Å². The number of fused-ring (bicyclic) bond motifs is 3. The van der Waals surface area contributed by atoms with Crippen molar-refractivity contribution in [1.29, 1.82) is 0 Å². The van der Waals surface area contributed by atoms with Gasteiger partial charge < -0.3 is 0 Å². The van der Waals surface area contributed by atoms with Crippen molar-refractivity contribution in [2.45, 2.75) is 26.2 Å². The monoisotopic (exact) mass is 296 g/mol. The van der Waals surface area contributed by atoms with Crippen LogP contribution in [0.2, 0.25) is 0 Å². The molecule has 0 bridgehead atoms. The van der Waals surface area contributed by atoms with Crippen LogP contribution < -0.4 is 0 Å². The van der Waals surface area contributed by atoms with Crippen molar-refractivity contribution in [3.05, 3.63) is 59.2 Å². The molecule has 0 heterocycles. The van der Waals surface area contributed by atoms with Crippen LogP contribution >= 0.6 is 0 Å². The Kier molecular flexibility index (Phi) is 3.31. The minimum absolute atomic E-state index is 0. The standard InChI is InChI=1S/C16H15.Y/c1-11-8-9-13-12-6-4-5-7-14(12)16(2,3)15(13)10-11;/h4,6-10H,1-3H3;/q-1;. The van der Waals surface area contributed by atoms with Gasteiger partial charge in [0.25, 0.3) is 0 Å². The Bertz CT molecular complexity index is 567. The Labute approximate surface area is 128 Å². The fourth-order valence-corrected chi connectivity index (χ4v) is 2.74. The number of aryl methyl sites for hydroxylation is 1. The number of benzene rings is 2. The number of hydrogen-bond donors (Lipinski definition) is 0. The van der Waals surface area contributed by atoms with Crippen molar-refractivity contribution >= 4 is 0 Å². The van der Waals surface area contributed by atoms with Crippen molar-refractivity contribution < 1.29 is 32.7 Å². The molecule has 1 radical (unpaired) electrons. The van der Waals surface area contributed by atoms with E-state index in [1.807, 2.05) is 6.07 Å². The van der Waals surface area contributed by atoms with Crippen LogP contribution in [0.4, 0.5) is 0 Å². The molecule has 0 amide bonds. The second kappa shape index (κ2) is 4.33. The number of rotatable bonds is 0. The molecule has 1 heteroatoms. The maximum absolute atomic E-state index is 3.20. The molecular weight excluding hydrogens is 281 g/mol. The molecule has 0 N–H and O–H groups in total. The Morgan fingerprint density at radius 3 is 2.47 bits per heavy atom. The summed E-state index contributed by atoms with van der Waals surface area (Å²) in [6, 6.07) is 16.3. The molecule has 0 saturated carbocycles. The van der Waals surface area contributed by atoms with Crippen LogP contribution in [-0.4, -0.2) is 0 Å². The Morgan fingerprint density at radius 2 is 1.71 bits per heavy atom. The van der Waals surface area contributed by atoms with E-state index in [1.54, 1.807) is 0 Å².